The normalized spacial score (nSPS) is 17.4. The Morgan fingerprint density at radius 2 is 1.33 bits per heavy atom. The van der Waals surface area contributed by atoms with Crippen LogP contribution in [0.4, 0.5) is 4.79 Å². The average molecular weight is 642 g/mol. The van der Waals surface area contributed by atoms with Crippen LogP contribution in [0.1, 0.15) is 110 Å². The molecule has 6 heteroatoms. The van der Waals surface area contributed by atoms with Crippen LogP contribution in [-0.4, -0.2) is 43.5 Å². The Labute approximate surface area is 278 Å². The Kier molecular flexibility index (Phi) is 12.1. The third-order valence-electron chi connectivity index (χ3n) is 9.16. The number of rotatable bonds is 13. The summed E-state index contributed by atoms with van der Waals surface area (Å²) in [4.78, 5) is 28.6. The number of aryl methyl sites for hydroxylation is 1. The van der Waals surface area contributed by atoms with Gasteiger partial charge in [-0.05, 0) is 60.2 Å². The number of carbonyl (C=O) groups excluding carboxylic acids is 2. The van der Waals surface area contributed by atoms with Crippen molar-refractivity contribution in [3.63, 3.8) is 0 Å². The number of imide groups is 1. The minimum atomic E-state index is -2.91. The molecular formula is C40H55NO4Si. The lowest BCUT2D eigenvalue weighted by atomic mass is 9.91. The second kappa shape index (κ2) is 15.6. The first-order chi connectivity index (χ1) is 21.9. The van der Waals surface area contributed by atoms with Crippen LogP contribution < -0.4 is 10.4 Å². The molecule has 0 spiro atoms. The molecule has 0 radical (unpaired) electrons. The lowest BCUT2D eigenvalue weighted by Crippen LogP contribution is -2.67. The van der Waals surface area contributed by atoms with Crippen LogP contribution in [0.5, 0.6) is 0 Å². The van der Waals surface area contributed by atoms with Gasteiger partial charge in [-0.1, -0.05) is 145 Å². The fourth-order valence-electron chi connectivity index (χ4n) is 6.88. The van der Waals surface area contributed by atoms with Crippen LogP contribution >= 0.6 is 0 Å². The summed E-state index contributed by atoms with van der Waals surface area (Å²) in [6.45, 7) is 14.7. The average Bonchev–Trinajstić information content (AvgIpc) is 3.35. The van der Waals surface area contributed by atoms with Crippen molar-refractivity contribution in [2.45, 2.75) is 122 Å². The Balaban J connectivity index is 1.67. The van der Waals surface area contributed by atoms with Crippen LogP contribution in [0.2, 0.25) is 5.04 Å². The summed E-state index contributed by atoms with van der Waals surface area (Å²) in [5, 5.41) is 2.10. The zero-order valence-corrected chi connectivity index (χ0v) is 30.2. The molecule has 3 aromatic carbocycles. The summed E-state index contributed by atoms with van der Waals surface area (Å²) in [5.74, 6) is -0.409. The van der Waals surface area contributed by atoms with Gasteiger partial charge in [0.15, 0.2) is 0 Å². The molecule has 0 unspecified atom stereocenters. The van der Waals surface area contributed by atoms with E-state index in [0.29, 0.717) is 0 Å². The Bertz CT molecular complexity index is 1350. The molecule has 1 saturated heterocycles. The summed E-state index contributed by atoms with van der Waals surface area (Å²) in [6.07, 6.45) is 8.33. The largest absolute Gasteiger partial charge is 0.443 e. The van der Waals surface area contributed by atoms with Crippen molar-refractivity contribution < 1.29 is 18.8 Å². The summed E-state index contributed by atoms with van der Waals surface area (Å²) in [7, 11) is -2.91. The number of hydrogen-bond donors (Lipinski definition) is 0. The van der Waals surface area contributed by atoms with Gasteiger partial charge in [0.25, 0.3) is 8.32 Å². The van der Waals surface area contributed by atoms with Gasteiger partial charge in [-0.25, -0.2) is 9.69 Å². The van der Waals surface area contributed by atoms with Crippen molar-refractivity contribution >= 4 is 30.7 Å². The quantitative estimate of drug-likeness (QED) is 0.138. The van der Waals surface area contributed by atoms with Gasteiger partial charge in [-0.3, -0.25) is 4.79 Å². The van der Waals surface area contributed by atoms with Gasteiger partial charge in [-0.15, -0.1) is 0 Å². The van der Waals surface area contributed by atoms with Gasteiger partial charge in [0, 0.05) is 12.3 Å². The number of unbranched alkanes of at least 4 members (excludes halogenated alkanes) is 5. The molecule has 3 aromatic rings. The van der Waals surface area contributed by atoms with Gasteiger partial charge < -0.3 is 9.16 Å². The molecule has 4 rings (SSSR count). The molecular weight excluding hydrogens is 587 g/mol. The number of likely N-dealkylation sites (tertiary alicyclic amines) is 1. The molecule has 2 atom stereocenters. The second-order valence-electron chi connectivity index (χ2n) is 14.9. The summed E-state index contributed by atoms with van der Waals surface area (Å²) in [5.41, 5.74) is 1.65. The van der Waals surface area contributed by atoms with Gasteiger partial charge >= 0.3 is 6.09 Å². The summed E-state index contributed by atoms with van der Waals surface area (Å²) < 4.78 is 13.1. The van der Waals surface area contributed by atoms with Crippen molar-refractivity contribution in [1.29, 1.82) is 0 Å². The third-order valence-corrected chi connectivity index (χ3v) is 14.2. The number of benzene rings is 3. The van der Waals surface area contributed by atoms with E-state index >= 15 is 0 Å². The van der Waals surface area contributed by atoms with Crippen LogP contribution in [0.3, 0.4) is 0 Å². The first-order valence-corrected chi connectivity index (χ1v) is 19.2. The summed E-state index contributed by atoms with van der Waals surface area (Å²) >= 11 is 0. The molecule has 248 valence electrons. The highest BCUT2D eigenvalue weighted by molar-refractivity contribution is 6.99. The molecule has 0 aliphatic carbocycles. The van der Waals surface area contributed by atoms with E-state index in [1.165, 1.54) is 49.0 Å². The van der Waals surface area contributed by atoms with E-state index in [1.54, 1.807) is 0 Å². The minimum absolute atomic E-state index is 0.193. The number of hydrogen-bond acceptors (Lipinski definition) is 4. The third kappa shape index (κ3) is 8.57. The fourth-order valence-corrected chi connectivity index (χ4v) is 11.5. The highest BCUT2D eigenvalue weighted by Gasteiger charge is 2.53. The lowest BCUT2D eigenvalue weighted by Gasteiger charge is -2.44. The van der Waals surface area contributed by atoms with Crippen molar-refractivity contribution in [3.8, 4) is 0 Å². The molecule has 0 saturated carbocycles. The van der Waals surface area contributed by atoms with Crippen LogP contribution in [0.15, 0.2) is 84.9 Å². The van der Waals surface area contributed by atoms with Gasteiger partial charge in [0.2, 0.25) is 5.91 Å². The molecule has 46 heavy (non-hydrogen) atoms. The van der Waals surface area contributed by atoms with E-state index in [1.807, 2.05) is 32.9 Å². The van der Waals surface area contributed by atoms with Gasteiger partial charge in [0.05, 0.1) is 12.6 Å². The van der Waals surface area contributed by atoms with Gasteiger partial charge in [0.1, 0.15) is 5.60 Å². The monoisotopic (exact) mass is 641 g/mol. The first-order valence-electron chi connectivity index (χ1n) is 17.3. The highest BCUT2D eigenvalue weighted by Crippen LogP contribution is 2.40. The van der Waals surface area contributed by atoms with Crippen molar-refractivity contribution in [2.24, 2.45) is 0 Å². The van der Waals surface area contributed by atoms with E-state index in [9.17, 15) is 9.59 Å². The molecule has 0 N–H and O–H groups in total. The topological polar surface area (TPSA) is 55.8 Å². The highest BCUT2D eigenvalue weighted by atomic mass is 28.4. The number of amides is 2. The number of nitrogens with zero attached hydrogens (tertiary/aromatic N) is 1. The molecule has 1 aliphatic rings. The van der Waals surface area contributed by atoms with Gasteiger partial charge in [-0.2, -0.15) is 0 Å². The standard InChI is InChI=1S/C40H55NO4Si/c1-8-9-10-11-12-15-20-31-25-27-32(28-26-31)35-29-37(42)41(38(43)45-39(2,3)4)36(35)30-44-46(40(5,6)7,33-21-16-13-17-22-33)34-23-18-14-19-24-34/h13-14,16-19,21-28,35-36H,8-12,15,20,29-30H2,1-7H3/t35-,36-/m1/s1. The smallest absolute Gasteiger partial charge is 0.417 e. The maximum absolute atomic E-state index is 13.7. The molecule has 2 amide bonds. The second-order valence-corrected chi connectivity index (χ2v) is 19.2. The van der Waals surface area contributed by atoms with Crippen LogP contribution in [-0.2, 0) is 20.4 Å². The zero-order chi connectivity index (χ0) is 33.4. The predicted molar refractivity (Wildman–Crippen MR) is 191 cm³/mol. The zero-order valence-electron chi connectivity index (χ0n) is 29.2. The van der Waals surface area contributed by atoms with E-state index in [0.717, 1.165) is 22.4 Å². The molecule has 1 aliphatic heterocycles. The molecule has 0 bridgehead atoms. The van der Waals surface area contributed by atoms with Crippen LogP contribution in [0, 0.1) is 0 Å². The van der Waals surface area contributed by atoms with Crippen molar-refractivity contribution in [3.05, 3.63) is 96.1 Å². The Hall–Kier alpha value is -3.22. The Morgan fingerprint density at radius 1 is 0.783 bits per heavy atom. The maximum Gasteiger partial charge on any atom is 0.417 e. The van der Waals surface area contributed by atoms with Crippen LogP contribution in [0.25, 0.3) is 0 Å². The minimum Gasteiger partial charge on any atom is -0.443 e. The van der Waals surface area contributed by atoms with Crippen molar-refractivity contribution in [1.82, 2.24) is 4.90 Å². The SMILES string of the molecule is CCCCCCCCc1ccc([C@H]2CC(=O)N(C(=O)OC(C)(C)C)[C@@H]2CO[Si](c2ccccc2)(c2ccccc2)C(C)(C)C)cc1. The first kappa shape index (κ1) is 35.6. The van der Waals surface area contributed by atoms with E-state index in [2.05, 4.69) is 100 Å². The Morgan fingerprint density at radius 3 is 1.85 bits per heavy atom. The number of carbonyl (C=O) groups is 2. The fraction of sp³-hybridized carbons (Fsp3) is 0.500. The van der Waals surface area contributed by atoms with E-state index in [4.69, 9.17) is 9.16 Å². The summed E-state index contributed by atoms with van der Waals surface area (Å²) in [6, 6.07) is 29.2. The molecule has 1 fully saturated rings. The van der Waals surface area contributed by atoms with E-state index in [-0.39, 0.29) is 29.9 Å². The lowest BCUT2D eigenvalue weighted by molar-refractivity contribution is -0.128. The number of ether oxygens (including phenoxy) is 1. The maximum atomic E-state index is 13.7. The molecule has 0 aromatic heterocycles. The van der Waals surface area contributed by atoms with E-state index < -0.39 is 26.1 Å². The molecule has 1 heterocycles. The predicted octanol–water partition coefficient (Wildman–Crippen LogP) is 8.79. The molecule has 5 nitrogen and oxygen atoms in total. The van der Waals surface area contributed by atoms with Crippen molar-refractivity contribution in [2.75, 3.05) is 6.61 Å².